The molecule has 6 heteroatoms. The van der Waals surface area contributed by atoms with Crippen LogP contribution >= 0.6 is 0 Å². The average molecular weight is 447 g/mol. The van der Waals surface area contributed by atoms with Crippen molar-refractivity contribution in [3.8, 4) is 17.2 Å². The Bertz CT molecular complexity index is 1560. The highest BCUT2D eigenvalue weighted by Crippen LogP contribution is 2.51. The van der Waals surface area contributed by atoms with E-state index in [2.05, 4.69) is 24.4 Å². The molecule has 6 nitrogen and oxygen atoms in total. The van der Waals surface area contributed by atoms with E-state index >= 15 is 0 Å². The molecule has 0 saturated carbocycles. The van der Waals surface area contributed by atoms with Gasteiger partial charge in [-0.15, -0.1) is 0 Å². The van der Waals surface area contributed by atoms with E-state index in [1.807, 2.05) is 66.2 Å². The molecule has 3 heterocycles. The number of aryl methyl sites for hydroxylation is 2. The third-order valence-corrected chi connectivity index (χ3v) is 6.96. The minimum absolute atomic E-state index is 0.0504. The van der Waals surface area contributed by atoms with Crippen LogP contribution in [0, 0.1) is 13.8 Å². The number of carbonyl (C=O) groups excluding carboxylic acids is 1. The van der Waals surface area contributed by atoms with Gasteiger partial charge in [-0.05, 0) is 43.2 Å². The number of Topliss-reactive ketones (excluding diaryl/α,β-unsaturated/α-hetero) is 1. The predicted molar refractivity (Wildman–Crippen MR) is 129 cm³/mol. The lowest BCUT2D eigenvalue weighted by atomic mass is 9.80. The second-order valence-corrected chi connectivity index (χ2v) is 8.88. The van der Waals surface area contributed by atoms with Crippen LogP contribution in [0.1, 0.15) is 44.2 Å². The third-order valence-electron chi connectivity index (χ3n) is 6.96. The fraction of sp³-hybridized carbons (Fsp3) is 0.143. The summed E-state index contributed by atoms with van der Waals surface area (Å²) >= 11 is 0. The maximum absolute atomic E-state index is 13.7. The van der Waals surface area contributed by atoms with Gasteiger partial charge in [0.25, 0.3) is 0 Å². The number of nitrogens with one attached hydrogen (secondary N) is 1. The summed E-state index contributed by atoms with van der Waals surface area (Å²) in [6.07, 6.45) is 0. The molecular weight excluding hydrogens is 426 g/mol. The summed E-state index contributed by atoms with van der Waals surface area (Å²) in [6.45, 7) is 4.29. The first kappa shape index (κ1) is 19.2. The van der Waals surface area contributed by atoms with Crippen molar-refractivity contribution in [2.24, 2.45) is 0 Å². The molecule has 0 fully saturated rings. The second-order valence-electron chi connectivity index (χ2n) is 8.88. The molecule has 1 aromatic heterocycles. The van der Waals surface area contributed by atoms with E-state index in [1.54, 1.807) is 0 Å². The van der Waals surface area contributed by atoms with Gasteiger partial charge >= 0.3 is 0 Å². The Balaban J connectivity index is 1.51. The molecule has 0 spiro atoms. The number of rotatable bonds is 2. The zero-order chi connectivity index (χ0) is 23.0. The number of aromatic nitrogens is 2. The molecule has 1 atom stereocenters. The Hall–Kier alpha value is -4.32. The number of fused-ring (bicyclic) bond motifs is 4. The van der Waals surface area contributed by atoms with Crippen LogP contribution in [0.25, 0.3) is 11.4 Å². The maximum Gasteiger partial charge on any atom is 0.231 e. The van der Waals surface area contributed by atoms with Gasteiger partial charge in [0.15, 0.2) is 17.3 Å². The molecule has 4 aromatic rings. The zero-order valence-electron chi connectivity index (χ0n) is 18.8. The SMILES string of the molecule is Cc1ccccc1-n1nc(C)c2c1NC1=C(C(=O)c3ccccc31)C2c1ccc2c(c1)OCO2. The van der Waals surface area contributed by atoms with Crippen molar-refractivity contribution >= 4 is 17.3 Å². The number of benzene rings is 3. The summed E-state index contributed by atoms with van der Waals surface area (Å²) in [5.41, 5.74) is 8.24. The van der Waals surface area contributed by atoms with Gasteiger partial charge in [0.1, 0.15) is 5.82 Å². The largest absolute Gasteiger partial charge is 0.454 e. The molecule has 0 saturated heterocycles. The highest BCUT2D eigenvalue weighted by molar-refractivity contribution is 6.24. The number of carbonyl (C=O) groups is 1. The number of anilines is 1. The molecule has 2 aliphatic heterocycles. The molecule has 166 valence electrons. The Morgan fingerprint density at radius 3 is 2.56 bits per heavy atom. The average Bonchev–Trinajstić information content (AvgIpc) is 3.53. The van der Waals surface area contributed by atoms with Gasteiger partial charge in [0.05, 0.1) is 17.1 Å². The normalized spacial score (nSPS) is 17.4. The van der Waals surface area contributed by atoms with Crippen LogP contribution in [0.3, 0.4) is 0 Å². The lowest BCUT2D eigenvalue weighted by Gasteiger charge is -2.27. The Morgan fingerprint density at radius 1 is 0.941 bits per heavy atom. The zero-order valence-corrected chi connectivity index (χ0v) is 18.8. The smallest absolute Gasteiger partial charge is 0.231 e. The minimum Gasteiger partial charge on any atom is -0.454 e. The molecule has 0 bridgehead atoms. The topological polar surface area (TPSA) is 65.4 Å². The van der Waals surface area contributed by atoms with Crippen molar-refractivity contribution in [3.05, 3.63) is 106 Å². The van der Waals surface area contributed by atoms with Crippen molar-refractivity contribution in [2.45, 2.75) is 19.8 Å². The van der Waals surface area contributed by atoms with Crippen LogP contribution in [0.5, 0.6) is 11.5 Å². The Labute approximate surface area is 196 Å². The quantitative estimate of drug-likeness (QED) is 0.447. The predicted octanol–water partition coefficient (Wildman–Crippen LogP) is 5.38. The van der Waals surface area contributed by atoms with E-state index in [0.717, 1.165) is 62.0 Å². The Morgan fingerprint density at radius 2 is 1.71 bits per heavy atom. The van der Waals surface area contributed by atoms with Gasteiger partial charge < -0.3 is 14.8 Å². The summed E-state index contributed by atoms with van der Waals surface area (Å²) < 4.78 is 13.2. The van der Waals surface area contributed by atoms with Gasteiger partial charge in [0.2, 0.25) is 6.79 Å². The molecule has 3 aliphatic rings. The van der Waals surface area contributed by atoms with Gasteiger partial charge in [-0.3, -0.25) is 4.79 Å². The standard InChI is InChI=1S/C28H21N3O3/c1-15-7-3-6-10-20(15)31-28-23(16(2)30-31)24(17-11-12-21-22(13-17)34-14-33-21)25-26(29-28)18-8-4-5-9-19(18)27(25)32/h3-13,24,29H,14H2,1-2H3. The van der Waals surface area contributed by atoms with Crippen LogP contribution < -0.4 is 14.8 Å². The van der Waals surface area contributed by atoms with Gasteiger partial charge in [-0.2, -0.15) is 5.10 Å². The number of allylic oxidation sites excluding steroid dienone is 1. The molecule has 3 aromatic carbocycles. The first-order valence-corrected chi connectivity index (χ1v) is 11.3. The number of ether oxygens (including phenoxy) is 2. The highest BCUT2D eigenvalue weighted by Gasteiger charge is 2.43. The minimum atomic E-state index is -0.279. The number of para-hydroxylation sites is 1. The number of hydrogen-bond acceptors (Lipinski definition) is 5. The molecule has 34 heavy (non-hydrogen) atoms. The lowest BCUT2D eigenvalue weighted by Crippen LogP contribution is -2.20. The van der Waals surface area contributed by atoms with E-state index in [4.69, 9.17) is 14.6 Å². The summed E-state index contributed by atoms with van der Waals surface area (Å²) in [7, 11) is 0. The number of nitrogens with zero attached hydrogens (tertiary/aromatic N) is 2. The van der Waals surface area contributed by atoms with Crippen molar-refractivity contribution < 1.29 is 14.3 Å². The second kappa shape index (κ2) is 6.84. The fourth-order valence-electron chi connectivity index (χ4n) is 5.38. The van der Waals surface area contributed by atoms with E-state index in [0.29, 0.717) is 5.75 Å². The molecule has 1 unspecified atom stereocenters. The van der Waals surface area contributed by atoms with Crippen molar-refractivity contribution in [1.29, 1.82) is 0 Å². The summed E-state index contributed by atoms with van der Waals surface area (Å²) in [4.78, 5) is 13.7. The van der Waals surface area contributed by atoms with E-state index in [-0.39, 0.29) is 18.5 Å². The number of hydrogen-bond donors (Lipinski definition) is 1. The van der Waals surface area contributed by atoms with Crippen LogP contribution in [0.15, 0.2) is 72.3 Å². The molecule has 1 N–H and O–H groups in total. The molecule has 7 rings (SSSR count). The van der Waals surface area contributed by atoms with Crippen LogP contribution in [0.4, 0.5) is 5.82 Å². The van der Waals surface area contributed by atoms with Gasteiger partial charge in [-0.25, -0.2) is 4.68 Å². The fourth-order valence-corrected chi connectivity index (χ4v) is 5.38. The monoisotopic (exact) mass is 447 g/mol. The van der Waals surface area contributed by atoms with Crippen LogP contribution in [-0.2, 0) is 0 Å². The first-order valence-electron chi connectivity index (χ1n) is 11.3. The molecule has 0 amide bonds. The van der Waals surface area contributed by atoms with Crippen molar-refractivity contribution in [2.75, 3.05) is 12.1 Å². The van der Waals surface area contributed by atoms with Crippen molar-refractivity contribution in [1.82, 2.24) is 9.78 Å². The highest BCUT2D eigenvalue weighted by atomic mass is 16.7. The molecule has 1 aliphatic carbocycles. The summed E-state index contributed by atoms with van der Waals surface area (Å²) in [5.74, 6) is 2.08. The molecular formula is C28H21N3O3. The van der Waals surface area contributed by atoms with E-state index in [9.17, 15) is 4.79 Å². The van der Waals surface area contributed by atoms with Crippen LogP contribution in [-0.4, -0.2) is 22.4 Å². The third kappa shape index (κ3) is 2.51. The first-order chi connectivity index (χ1) is 16.6. The van der Waals surface area contributed by atoms with Crippen molar-refractivity contribution in [3.63, 3.8) is 0 Å². The van der Waals surface area contributed by atoms with E-state index in [1.165, 1.54) is 0 Å². The Kier molecular flexibility index (Phi) is 3.86. The van der Waals surface area contributed by atoms with Crippen LogP contribution in [0.2, 0.25) is 0 Å². The molecule has 0 radical (unpaired) electrons. The van der Waals surface area contributed by atoms with E-state index < -0.39 is 0 Å². The lowest BCUT2D eigenvalue weighted by molar-refractivity contribution is 0.103. The summed E-state index contributed by atoms with van der Waals surface area (Å²) in [5, 5.41) is 8.56. The van der Waals surface area contributed by atoms with Gasteiger partial charge in [-0.1, -0.05) is 48.5 Å². The van der Waals surface area contributed by atoms with Gasteiger partial charge in [0, 0.05) is 28.2 Å². The summed E-state index contributed by atoms with van der Waals surface area (Å²) in [6, 6.07) is 21.9. The maximum atomic E-state index is 13.7. The number of ketones is 1.